The summed E-state index contributed by atoms with van der Waals surface area (Å²) in [4.78, 5) is 19.8. The third kappa shape index (κ3) is 1.98. The Morgan fingerprint density at radius 2 is 2.21 bits per heavy atom. The molecule has 1 fully saturated rings. The van der Waals surface area contributed by atoms with Gasteiger partial charge in [0.05, 0.1) is 17.6 Å². The van der Waals surface area contributed by atoms with E-state index in [1.54, 1.807) is 0 Å². The summed E-state index contributed by atoms with van der Waals surface area (Å²) in [7, 11) is -1.14. The first-order valence-corrected chi connectivity index (χ1v) is 7.45. The van der Waals surface area contributed by atoms with Crippen LogP contribution in [0.25, 0.3) is 0 Å². The molecule has 3 rings (SSSR count). The molecule has 0 radical (unpaired) electrons. The van der Waals surface area contributed by atoms with Crippen LogP contribution in [0.1, 0.15) is 10.4 Å². The molecule has 1 aromatic heterocycles. The zero-order valence-electron chi connectivity index (χ0n) is 9.88. The first kappa shape index (κ1) is 13.0. The van der Waals surface area contributed by atoms with Crippen molar-refractivity contribution >= 4 is 19.1 Å². The van der Waals surface area contributed by atoms with Crippen molar-refractivity contribution in [3.05, 3.63) is 18.1 Å². The van der Waals surface area contributed by atoms with E-state index in [1.807, 2.05) is 0 Å². The molecule has 0 spiro atoms. The van der Waals surface area contributed by atoms with E-state index in [1.165, 1.54) is 12.5 Å². The smallest absolute Gasteiger partial charge is 0.171 e. The number of fused-ring (bicyclic) bond motifs is 1. The SMILES string of the molecule is O=C1CP([C@@H]2O[C@H](CO)[C@@H](O)[C@H]2O)c2ncncc21. The molecule has 1 saturated heterocycles. The Balaban J connectivity index is 1.91. The Bertz CT molecular complexity index is 514. The number of carbonyl (C=O) groups excluding carboxylic acids is 1. The third-order valence-corrected chi connectivity index (χ3v) is 5.97. The molecular weight excluding hydrogens is 271 g/mol. The lowest BCUT2D eigenvalue weighted by atomic mass is 10.2. The number of Topliss-reactive ketones (excluding diaryl/α,β-unsaturated/α-hetero) is 1. The summed E-state index contributed by atoms with van der Waals surface area (Å²) in [5.41, 5.74) is 1.07. The van der Waals surface area contributed by atoms with E-state index in [0.717, 1.165) is 0 Å². The molecule has 0 aliphatic carbocycles. The van der Waals surface area contributed by atoms with Gasteiger partial charge in [0.1, 0.15) is 30.5 Å². The van der Waals surface area contributed by atoms with Crippen LogP contribution in [-0.2, 0) is 4.74 Å². The van der Waals surface area contributed by atoms with Gasteiger partial charge in [0.15, 0.2) is 5.78 Å². The Kier molecular flexibility index (Phi) is 3.32. The quantitative estimate of drug-likeness (QED) is 0.550. The maximum atomic E-state index is 11.9. The van der Waals surface area contributed by atoms with Gasteiger partial charge in [-0.1, -0.05) is 0 Å². The number of aromatic nitrogens is 2. The second-order valence-corrected chi connectivity index (χ2v) is 6.73. The van der Waals surface area contributed by atoms with E-state index in [9.17, 15) is 15.0 Å². The van der Waals surface area contributed by atoms with E-state index in [4.69, 9.17) is 9.84 Å². The molecular formula is C11H13N2O5P. The highest BCUT2D eigenvalue weighted by Gasteiger charge is 2.49. The molecule has 8 heteroatoms. The highest BCUT2D eigenvalue weighted by Crippen LogP contribution is 2.50. The van der Waals surface area contributed by atoms with Gasteiger partial charge in [-0.3, -0.25) is 4.79 Å². The van der Waals surface area contributed by atoms with Crippen molar-refractivity contribution < 1.29 is 24.9 Å². The number of hydrogen-bond acceptors (Lipinski definition) is 7. The third-order valence-electron chi connectivity index (χ3n) is 3.40. The van der Waals surface area contributed by atoms with Crippen LogP contribution in [0, 0.1) is 0 Å². The van der Waals surface area contributed by atoms with Gasteiger partial charge < -0.3 is 20.1 Å². The van der Waals surface area contributed by atoms with Crippen molar-refractivity contribution in [2.75, 3.05) is 12.8 Å². The molecule has 5 atom stereocenters. The average Bonchev–Trinajstić information content (AvgIpc) is 2.90. The number of ether oxygens (including phenoxy) is 1. The molecule has 0 amide bonds. The topological polar surface area (TPSA) is 113 Å². The highest BCUT2D eigenvalue weighted by molar-refractivity contribution is 7.68. The van der Waals surface area contributed by atoms with Crippen molar-refractivity contribution in [2.24, 2.45) is 0 Å². The fourth-order valence-corrected chi connectivity index (χ4v) is 5.00. The Labute approximate surface area is 110 Å². The molecule has 0 saturated carbocycles. The minimum atomic E-state index is -1.14. The minimum Gasteiger partial charge on any atom is -0.394 e. The lowest BCUT2D eigenvalue weighted by Gasteiger charge is -2.21. The molecule has 2 aliphatic rings. The maximum Gasteiger partial charge on any atom is 0.171 e. The largest absolute Gasteiger partial charge is 0.394 e. The summed E-state index contributed by atoms with van der Waals surface area (Å²) in [5.74, 6) is -0.748. The summed E-state index contributed by atoms with van der Waals surface area (Å²) >= 11 is 0. The van der Waals surface area contributed by atoms with Crippen LogP contribution in [0.4, 0.5) is 0 Å². The molecule has 7 nitrogen and oxygen atoms in total. The Morgan fingerprint density at radius 1 is 1.42 bits per heavy atom. The zero-order valence-corrected chi connectivity index (χ0v) is 10.8. The van der Waals surface area contributed by atoms with Crippen LogP contribution in [0.15, 0.2) is 12.5 Å². The van der Waals surface area contributed by atoms with Crippen molar-refractivity contribution in [1.82, 2.24) is 9.97 Å². The van der Waals surface area contributed by atoms with Crippen LogP contribution >= 0.6 is 7.92 Å². The summed E-state index contributed by atoms with van der Waals surface area (Å²) < 4.78 is 5.49. The molecule has 0 aromatic carbocycles. The molecule has 2 aliphatic heterocycles. The van der Waals surface area contributed by atoms with Gasteiger partial charge in [-0.05, 0) is 7.92 Å². The molecule has 1 unspecified atom stereocenters. The summed E-state index contributed by atoms with van der Waals surface area (Å²) in [6.45, 7) is -0.373. The number of aliphatic hydroxyl groups excluding tert-OH is 3. The highest BCUT2D eigenvalue weighted by atomic mass is 31.1. The molecule has 3 heterocycles. The van der Waals surface area contributed by atoms with Crippen LogP contribution in [0.3, 0.4) is 0 Å². The fourth-order valence-electron chi connectivity index (χ4n) is 2.41. The molecule has 102 valence electrons. The molecule has 19 heavy (non-hydrogen) atoms. The van der Waals surface area contributed by atoms with E-state index in [0.29, 0.717) is 11.0 Å². The first-order chi connectivity index (χ1) is 9.13. The van der Waals surface area contributed by atoms with Crippen molar-refractivity contribution in [3.63, 3.8) is 0 Å². The monoisotopic (exact) mass is 284 g/mol. The number of nitrogens with zero attached hydrogens (tertiary/aromatic N) is 2. The van der Waals surface area contributed by atoms with Crippen molar-refractivity contribution in [3.8, 4) is 0 Å². The number of carbonyl (C=O) groups is 1. The van der Waals surface area contributed by atoms with Crippen LogP contribution < -0.4 is 5.44 Å². The first-order valence-electron chi connectivity index (χ1n) is 5.85. The second kappa shape index (κ2) is 4.85. The van der Waals surface area contributed by atoms with Crippen LogP contribution in [-0.4, -0.2) is 68.0 Å². The maximum absolute atomic E-state index is 11.9. The van der Waals surface area contributed by atoms with Crippen LogP contribution in [0.2, 0.25) is 0 Å². The number of hydrogen-bond donors (Lipinski definition) is 3. The molecule has 3 N–H and O–H groups in total. The summed E-state index contributed by atoms with van der Waals surface area (Å²) in [5, 5.41) is 28.8. The van der Waals surface area contributed by atoms with Gasteiger partial charge in [-0.25, -0.2) is 9.97 Å². The van der Waals surface area contributed by atoms with E-state index in [2.05, 4.69) is 9.97 Å². The normalized spacial score (nSPS) is 37.6. The minimum absolute atomic E-state index is 0.0700. The Hall–Kier alpha value is -0.980. The van der Waals surface area contributed by atoms with Gasteiger partial charge in [0.2, 0.25) is 0 Å². The molecule has 1 aromatic rings. The van der Waals surface area contributed by atoms with Gasteiger partial charge in [-0.2, -0.15) is 0 Å². The van der Waals surface area contributed by atoms with Gasteiger partial charge in [-0.15, -0.1) is 0 Å². The Morgan fingerprint density at radius 3 is 2.89 bits per heavy atom. The second-order valence-electron chi connectivity index (χ2n) is 4.54. The predicted octanol–water partition coefficient (Wildman–Crippen LogP) is -1.78. The zero-order chi connectivity index (χ0) is 13.6. The van der Waals surface area contributed by atoms with Crippen LogP contribution in [0.5, 0.6) is 0 Å². The van der Waals surface area contributed by atoms with E-state index >= 15 is 0 Å². The van der Waals surface area contributed by atoms with E-state index in [-0.39, 0.29) is 18.6 Å². The van der Waals surface area contributed by atoms with Crippen molar-refractivity contribution in [1.29, 1.82) is 0 Å². The fraction of sp³-hybridized carbons (Fsp3) is 0.545. The van der Waals surface area contributed by atoms with Crippen molar-refractivity contribution in [2.45, 2.75) is 24.2 Å². The molecule has 0 bridgehead atoms. The predicted molar refractivity (Wildman–Crippen MR) is 65.5 cm³/mol. The van der Waals surface area contributed by atoms with Gasteiger partial charge in [0.25, 0.3) is 0 Å². The lowest BCUT2D eigenvalue weighted by Crippen LogP contribution is -2.34. The number of ketones is 1. The van der Waals surface area contributed by atoms with Gasteiger partial charge in [0, 0.05) is 12.4 Å². The summed E-state index contributed by atoms with van der Waals surface area (Å²) in [6, 6.07) is 0. The summed E-state index contributed by atoms with van der Waals surface area (Å²) in [6.07, 6.45) is -0.0165. The van der Waals surface area contributed by atoms with E-state index < -0.39 is 32.1 Å². The average molecular weight is 284 g/mol. The number of aliphatic hydroxyl groups is 3. The van der Waals surface area contributed by atoms with Gasteiger partial charge >= 0.3 is 0 Å². The number of rotatable bonds is 2. The standard InChI is InChI=1S/C11H13N2O5P/c14-2-7-8(16)9(17)11(18-7)19-3-6(15)5-1-12-4-13-10(5)19/h1,4,7-9,11,14,16-17H,2-3H2/t7-,8-,9-,11+,19?/m1/s1. The lowest BCUT2D eigenvalue weighted by molar-refractivity contribution is -0.00847.